The number of methoxy groups -OCH3 is 2. The summed E-state index contributed by atoms with van der Waals surface area (Å²) in [6.07, 6.45) is 0.0631. The molecule has 32 heavy (non-hydrogen) atoms. The first-order chi connectivity index (χ1) is 15.3. The Kier molecular flexibility index (Phi) is 7.45. The Morgan fingerprint density at radius 2 is 1.59 bits per heavy atom. The molecule has 0 fully saturated rings. The number of anilines is 1. The number of hydrogen-bond donors (Lipinski definition) is 2. The van der Waals surface area contributed by atoms with E-state index in [1.165, 1.54) is 50.6 Å². The summed E-state index contributed by atoms with van der Waals surface area (Å²) in [6.45, 7) is 0. The first kappa shape index (κ1) is 23.2. The van der Waals surface area contributed by atoms with Gasteiger partial charge in [-0.05, 0) is 36.2 Å². The van der Waals surface area contributed by atoms with E-state index in [2.05, 4.69) is 10.0 Å². The molecule has 0 aliphatic carbocycles. The molecule has 9 heteroatoms. The highest BCUT2D eigenvalue weighted by molar-refractivity contribution is 7.89. The highest BCUT2D eigenvalue weighted by Gasteiger charge is 2.27. The Morgan fingerprint density at radius 3 is 2.25 bits per heavy atom. The lowest BCUT2D eigenvalue weighted by Crippen LogP contribution is -2.45. The number of ether oxygens (including phenoxy) is 2. The van der Waals surface area contributed by atoms with Crippen molar-refractivity contribution in [2.45, 2.75) is 17.4 Å². The van der Waals surface area contributed by atoms with E-state index in [9.17, 15) is 17.6 Å². The third-order valence-corrected chi connectivity index (χ3v) is 6.16. The van der Waals surface area contributed by atoms with Gasteiger partial charge in [-0.1, -0.05) is 42.5 Å². The van der Waals surface area contributed by atoms with E-state index in [4.69, 9.17) is 9.47 Å². The van der Waals surface area contributed by atoms with Gasteiger partial charge in [0.15, 0.2) is 11.5 Å². The summed E-state index contributed by atoms with van der Waals surface area (Å²) in [4.78, 5) is 12.8. The van der Waals surface area contributed by atoms with Gasteiger partial charge in [0.1, 0.15) is 11.9 Å². The molecule has 0 heterocycles. The number of carbonyl (C=O) groups excluding carboxylic acids is 1. The summed E-state index contributed by atoms with van der Waals surface area (Å²) >= 11 is 0. The average molecular weight is 459 g/mol. The summed E-state index contributed by atoms with van der Waals surface area (Å²) < 4.78 is 52.9. The molecular formula is C23H23FN2O5S. The van der Waals surface area contributed by atoms with Crippen LogP contribution in [0, 0.1) is 5.82 Å². The van der Waals surface area contributed by atoms with Gasteiger partial charge in [0, 0.05) is 6.07 Å². The number of carbonyl (C=O) groups is 1. The van der Waals surface area contributed by atoms with Gasteiger partial charge in [-0.25, -0.2) is 12.8 Å². The molecule has 3 aromatic carbocycles. The SMILES string of the molecule is COc1ccc(S(=O)(=O)N[C@H](Cc2ccccc2)C(=O)Nc2ccccc2F)cc1OC. The number of para-hydroxylation sites is 1. The quantitative estimate of drug-likeness (QED) is 0.513. The summed E-state index contributed by atoms with van der Waals surface area (Å²) in [5, 5.41) is 2.46. The minimum Gasteiger partial charge on any atom is -0.493 e. The Morgan fingerprint density at radius 1 is 0.938 bits per heavy atom. The van der Waals surface area contributed by atoms with Crippen molar-refractivity contribution >= 4 is 21.6 Å². The summed E-state index contributed by atoms with van der Waals surface area (Å²) in [7, 11) is -1.30. The van der Waals surface area contributed by atoms with Crippen molar-refractivity contribution in [3.63, 3.8) is 0 Å². The summed E-state index contributed by atoms with van der Waals surface area (Å²) in [6, 6.07) is 17.5. The van der Waals surface area contributed by atoms with E-state index in [0.717, 1.165) is 5.56 Å². The highest BCUT2D eigenvalue weighted by Crippen LogP contribution is 2.29. The topological polar surface area (TPSA) is 93.7 Å². The van der Waals surface area contributed by atoms with Crippen molar-refractivity contribution in [2.75, 3.05) is 19.5 Å². The highest BCUT2D eigenvalue weighted by atomic mass is 32.2. The minimum atomic E-state index is -4.12. The standard InChI is InChI=1S/C23H23FN2O5S/c1-30-21-13-12-17(15-22(21)31-2)32(28,29)26-20(14-16-8-4-3-5-9-16)23(27)25-19-11-7-6-10-18(19)24/h3-13,15,20,26H,14H2,1-2H3,(H,25,27)/t20-/m1/s1. The van der Waals surface area contributed by atoms with Crippen molar-refractivity contribution in [2.24, 2.45) is 0 Å². The van der Waals surface area contributed by atoms with Crippen LogP contribution in [-0.2, 0) is 21.2 Å². The maximum absolute atomic E-state index is 14.0. The normalized spacial score (nSPS) is 12.1. The molecule has 3 rings (SSSR count). The Labute approximate surface area is 186 Å². The number of sulfonamides is 1. The van der Waals surface area contributed by atoms with Gasteiger partial charge < -0.3 is 14.8 Å². The van der Waals surface area contributed by atoms with E-state index in [1.807, 2.05) is 6.07 Å². The second kappa shape index (κ2) is 10.3. The molecule has 0 saturated heterocycles. The van der Waals surface area contributed by atoms with Crippen molar-refractivity contribution in [3.8, 4) is 11.5 Å². The van der Waals surface area contributed by atoms with Gasteiger partial charge >= 0.3 is 0 Å². The molecule has 2 N–H and O–H groups in total. The van der Waals surface area contributed by atoms with Crippen LogP contribution in [0.1, 0.15) is 5.56 Å². The van der Waals surface area contributed by atoms with Crippen LogP contribution >= 0.6 is 0 Å². The molecule has 1 amide bonds. The molecule has 168 valence electrons. The molecule has 0 spiro atoms. The molecule has 1 atom stereocenters. The van der Waals surface area contributed by atoms with Crippen LogP contribution in [0.5, 0.6) is 11.5 Å². The fraction of sp³-hybridized carbons (Fsp3) is 0.174. The van der Waals surface area contributed by atoms with E-state index in [1.54, 1.807) is 30.3 Å². The second-order valence-electron chi connectivity index (χ2n) is 6.85. The van der Waals surface area contributed by atoms with E-state index < -0.39 is 27.8 Å². The molecule has 0 unspecified atom stereocenters. The number of benzene rings is 3. The Bertz CT molecular complexity index is 1190. The summed E-state index contributed by atoms with van der Waals surface area (Å²) in [5.74, 6) is -0.722. The fourth-order valence-electron chi connectivity index (χ4n) is 3.06. The lowest BCUT2D eigenvalue weighted by molar-refractivity contribution is -0.117. The predicted octanol–water partition coefficient (Wildman–Crippen LogP) is 3.37. The minimum absolute atomic E-state index is 0.0409. The molecule has 0 saturated carbocycles. The maximum Gasteiger partial charge on any atom is 0.242 e. The van der Waals surface area contributed by atoms with Crippen LogP contribution < -0.4 is 19.5 Å². The largest absolute Gasteiger partial charge is 0.493 e. The fourth-order valence-corrected chi connectivity index (χ4v) is 4.27. The Hall–Kier alpha value is -3.43. The van der Waals surface area contributed by atoms with Crippen molar-refractivity contribution in [1.82, 2.24) is 4.72 Å². The van der Waals surface area contributed by atoms with Crippen LogP contribution in [0.25, 0.3) is 0 Å². The smallest absolute Gasteiger partial charge is 0.242 e. The Balaban J connectivity index is 1.90. The first-order valence-electron chi connectivity index (χ1n) is 9.67. The lowest BCUT2D eigenvalue weighted by Gasteiger charge is -2.19. The van der Waals surface area contributed by atoms with E-state index >= 15 is 0 Å². The molecule has 0 aromatic heterocycles. The van der Waals surface area contributed by atoms with Gasteiger partial charge in [-0.2, -0.15) is 4.72 Å². The molecule has 0 bridgehead atoms. The number of nitrogens with one attached hydrogen (secondary N) is 2. The van der Waals surface area contributed by atoms with Crippen molar-refractivity contribution in [1.29, 1.82) is 0 Å². The van der Waals surface area contributed by atoms with Crippen LogP contribution in [0.2, 0.25) is 0 Å². The number of halogens is 1. The van der Waals surface area contributed by atoms with Gasteiger partial charge in [0.25, 0.3) is 0 Å². The van der Waals surface area contributed by atoms with E-state index in [-0.39, 0.29) is 22.8 Å². The first-order valence-corrected chi connectivity index (χ1v) is 11.2. The van der Waals surface area contributed by atoms with Gasteiger partial charge in [-0.15, -0.1) is 0 Å². The predicted molar refractivity (Wildman–Crippen MR) is 119 cm³/mol. The third kappa shape index (κ3) is 5.63. The van der Waals surface area contributed by atoms with Crippen LogP contribution in [0.15, 0.2) is 77.7 Å². The number of hydrogen-bond acceptors (Lipinski definition) is 5. The molecular weight excluding hydrogens is 435 g/mol. The van der Waals surface area contributed by atoms with Gasteiger partial charge in [-0.3, -0.25) is 4.79 Å². The lowest BCUT2D eigenvalue weighted by atomic mass is 10.1. The van der Waals surface area contributed by atoms with Crippen molar-refractivity contribution in [3.05, 3.63) is 84.2 Å². The monoisotopic (exact) mass is 458 g/mol. The maximum atomic E-state index is 14.0. The molecule has 0 radical (unpaired) electrons. The van der Waals surface area contributed by atoms with E-state index in [0.29, 0.717) is 5.75 Å². The molecule has 3 aromatic rings. The zero-order chi connectivity index (χ0) is 23.1. The molecule has 0 aliphatic rings. The van der Waals surface area contributed by atoms with Crippen LogP contribution in [-0.4, -0.2) is 34.6 Å². The zero-order valence-electron chi connectivity index (χ0n) is 17.5. The number of amides is 1. The zero-order valence-corrected chi connectivity index (χ0v) is 18.4. The van der Waals surface area contributed by atoms with Crippen LogP contribution in [0.3, 0.4) is 0 Å². The number of rotatable bonds is 9. The second-order valence-corrected chi connectivity index (χ2v) is 8.56. The van der Waals surface area contributed by atoms with Gasteiger partial charge in [0.05, 0.1) is 24.8 Å². The third-order valence-electron chi connectivity index (χ3n) is 4.69. The van der Waals surface area contributed by atoms with Gasteiger partial charge in [0.2, 0.25) is 15.9 Å². The summed E-state index contributed by atoms with van der Waals surface area (Å²) in [5.41, 5.74) is 0.692. The molecule has 7 nitrogen and oxygen atoms in total. The molecule has 0 aliphatic heterocycles. The average Bonchev–Trinajstić information content (AvgIpc) is 2.80. The van der Waals surface area contributed by atoms with Crippen LogP contribution in [0.4, 0.5) is 10.1 Å². The van der Waals surface area contributed by atoms with Crippen molar-refractivity contribution < 1.29 is 27.1 Å².